The molecule has 0 amide bonds. The summed E-state index contributed by atoms with van der Waals surface area (Å²) in [5, 5.41) is 0. The van der Waals surface area contributed by atoms with Gasteiger partial charge in [-0.2, -0.15) is 0 Å². The van der Waals surface area contributed by atoms with E-state index in [9.17, 15) is 14.3 Å². The van der Waals surface area contributed by atoms with Gasteiger partial charge in [-0.05, 0) is 44.9 Å². The Morgan fingerprint density at radius 1 is 0.756 bits per heavy atom. The van der Waals surface area contributed by atoms with Gasteiger partial charge in [-0.1, -0.05) is 89.5 Å². The van der Waals surface area contributed by atoms with Crippen molar-refractivity contribution in [3.8, 4) is 0 Å². The van der Waals surface area contributed by atoms with Crippen molar-refractivity contribution in [3.05, 3.63) is 24.3 Å². The average molecular weight is 605 g/mol. The number of ether oxygens (including phenoxy) is 2. The van der Waals surface area contributed by atoms with Gasteiger partial charge in [0, 0.05) is 13.0 Å². The monoisotopic (exact) mass is 604 g/mol. The van der Waals surface area contributed by atoms with Gasteiger partial charge in [0.25, 0.3) is 0 Å². The van der Waals surface area contributed by atoms with Crippen LogP contribution in [0.3, 0.4) is 0 Å². The Balaban J connectivity index is 4.03. The SMILES string of the molecule is CCCCCC/C=C\C/C=C\CCCCCCCCOCC(COP(=O)(O)OCC[N+](C)(C)C)OC(=O)CCCC. The number of hydrogen-bond donors (Lipinski definition) is 1. The number of likely N-dealkylation sites (N-methyl/N-ethyl adjacent to an activating group) is 1. The van der Waals surface area contributed by atoms with Crippen LogP contribution in [0.2, 0.25) is 0 Å². The number of unbranched alkanes of at least 4 members (excludes halogenated alkanes) is 11. The number of nitrogens with zero attached hydrogens (tertiary/aromatic N) is 1. The molecule has 0 spiro atoms. The van der Waals surface area contributed by atoms with Crippen LogP contribution in [0.15, 0.2) is 24.3 Å². The number of hydrogen-bond acceptors (Lipinski definition) is 6. The molecule has 0 aliphatic heterocycles. The zero-order valence-electron chi connectivity index (χ0n) is 27.0. The van der Waals surface area contributed by atoms with E-state index >= 15 is 0 Å². The van der Waals surface area contributed by atoms with Crippen molar-refractivity contribution in [2.75, 3.05) is 54.1 Å². The first-order valence-electron chi connectivity index (χ1n) is 16.1. The van der Waals surface area contributed by atoms with E-state index in [1.807, 2.05) is 28.1 Å². The van der Waals surface area contributed by atoms with Crippen molar-refractivity contribution in [2.45, 2.75) is 123 Å². The smallest absolute Gasteiger partial charge is 0.457 e. The lowest BCUT2D eigenvalue weighted by molar-refractivity contribution is -0.870. The number of allylic oxidation sites excluding steroid dienone is 4. The molecule has 2 atom stereocenters. The van der Waals surface area contributed by atoms with E-state index in [0.717, 1.165) is 38.5 Å². The highest BCUT2D eigenvalue weighted by Gasteiger charge is 2.26. The molecule has 0 saturated carbocycles. The quantitative estimate of drug-likeness (QED) is 0.0303. The van der Waals surface area contributed by atoms with Crippen molar-refractivity contribution < 1.29 is 37.3 Å². The fourth-order valence-electron chi connectivity index (χ4n) is 3.91. The molecule has 242 valence electrons. The molecule has 9 heteroatoms. The zero-order chi connectivity index (χ0) is 30.7. The van der Waals surface area contributed by atoms with Crippen LogP contribution >= 0.6 is 7.82 Å². The normalized spacial score (nSPS) is 14.6. The number of esters is 1. The zero-order valence-corrected chi connectivity index (χ0v) is 27.9. The largest absolute Gasteiger partial charge is 0.472 e. The van der Waals surface area contributed by atoms with Gasteiger partial charge >= 0.3 is 13.8 Å². The maximum atomic E-state index is 12.2. The molecular formula is C32H63NO7P+. The van der Waals surface area contributed by atoms with E-state index in [1.165, 1.54) is 57.8 Å². The average Bonchev–Trinajstić information content (AvgIpc) is 2.90. The lowest BCUT2D eigenvalue weighted by atomic mass is 10.1. The highest BCUT2D eigenvalue weighted by Crippen LogP contribution is 2.43. The van der Waals surface area contributed by atoms with E-state index in [-0.39, 0.29) is 25.8 Å². The summed E-state index contributed by atoms with van der Waals surface area (Å²) in [6.07, 6.45) is 25.9. The van der Waals surface area contributed by atoms with Crippen LogP contribution in [-0.4, -0.2) is 75.6 Å². The number of phosphoric ester groups is 1. The summed E-state index contributed by atoms with van der Waals surface area (Å²) < 4.78 is 34.2. The number of phosphoric acid groups is 1. The van der Waals surface area contributed by atoms with Crippen molar-refractivity contribution in [1.29, 1.82) is 0 Å². The fourth-order valence-corrected chi connectivity index (χ4v) is 4.65. The standard InChI is InChI=1S/C32H62NO7P/c1-6-8-10-11-12-13-14-15-16-17-18-19-20-21-22-23-24-27-37-29-31(40-32(34)25-9-7-2)30-39-41(35,36)38-28-26-33(3,4)5/h13-14,16-17,31H,6-12,15,18-30H2,1-5H3/p+1/b14-13-,17-16-. The Morgan fingerprint density at radius 3 is 1.95 bits per heavy atom. The molecule has 0 aromatic rings. The minimum absolute atomic E-state index is 0.0857. The lowest BCUT2D eigenvalue weighted by Gasteiger charge is -2.24. The molecule has 0 rings (SSSR count). The molecule has 0 aliphatic rings. The van der Waals surface area contributed by atoms with Crippen LogP contribution in [0.1, 0.15) is 117 Å². The fraction of sp³-hybridized carbons (Fsp3) is 0.844. The molecule has 0 aliphatic carbocycles. The van der Waals surface area contributed by atoms with E-state index in [0.29, 0.717) is 24.1 Å². The van der Waals surface area contributed by atoms with Gasteiger partial charge < -0.3 is 18.9 Å². The second kappa shape index (κ2) is 26.6. The second-order valence-electron chi connectivity index (χ2n) is 11.8. The van der Waals surface area contributed by atoms with Gasteiger partial charge in [0.15, 0.2) is 0 Å². The summed E-state index contributed by atoms with van der Waals surface area (Å²) >= 11 is 0. The van der Waals surface area contributed by atoms with Gasteiger partial charge in [-0.15, -0.1) is 0 Å². The van der Waals surface area contributed by atoms with Crippen LogP contribution in [0.25, 0.3) is 0 Å². The summed E-state index contributed by atoms with van der Waals surface area (Å²) in [7, 11) is 1.65. The first-order valence-corrected chi connectivity index (χ1v) is 17.6. The molecule has 0 aromatic heterocycles. The van der Waals surface area contributed by atoms with Gasteiger partial charge in [-0.25, -0.2) is 4.57 Å². The molecule has 0 bridgehead atoms. The van der Waals surface area contributed by atoms with Crippen molar-refractivity contribution in [1.82, 2.24) is 0 Å². The highest BCUT2D eigenvalue weighted by molar-refractivity contribution is 7.47. The summed E-state index contributed by atoms with van der Waals surface area (Å²) in [4.78, 5) is 22.1. The Labute approximate surface area is 252 Å². The minimum atomic E-state index is -4.24. The summed E-state index contributed by atoms with van der Waals surface area (Å²) in [5.74, 6) is -0.355. The van der Waals surface area contributed by atoms with Crippen LogP contribution in [0.4, 0.5) is 0 Å². The molecule has 0 saturated heterocycles. The minimum Gasteiger partial charge on any atom is -0.457 e. The van der Waals surface area contributed by atoms with Gasteiger partial charge in [0.05, 0.1) is 34.4 Å². The van der Waals surface area contributed by atoms with E-state index in [2.05, 4.69) is 31.2 Å². The van der Waals surface area contributed by atoms with Crippen molar-refractivity contribution in [3.63, 3.8) is 0 Å². The predicted octanol–water partition coefficient (Wildman–Crippen LogP) is 8.15. The topological polar surface area (TPSA) is 91.3 Å². The van der Waals surface area contributed by atoms with Crippen molar-refractivity contribution >= 4 is 13.8 Å². The first kappa shape index (κ1) is 40.0. The van der Waals surface area contributed by atoms with Gasteiger partial charge in [-0.3, -0.25) is 13.8 Å². The predicted molar refractivity (Wildman–Crippen MR) is 169 cm³/mol. The van der Waals surface area contributed by atoms with Crippen LogP contribution in [0, 0.1) is 0 Å². The highest BCUT2D eigenvalue weighted by atomic mass is 31.2. The number of carbonyl (C=O) groups excluding carboxylic acids is 1. The molecule has 0 fully saturated rings. The Morgan fingerprint density at radius 2 is 1.34 bits per heavy atom. The number of carbonyl (C=O) groups is 1. The molecule has 8 nitrogen and oxygen atoms in total. The molecule has 0 aromatic carbocycles. The van der Waals surface area contributed by atoms with Crippen LogP contribution in [0.5, 0.6) is 0 Å². The molecule has 0 radical (unpaired) electrons. The second-order valence-corrected chi connectivity index (χ2v) is 13.3. The number of rotatable bonds is 29. The van der Waals surface area contributed by atoms with Gasteiger partial charge in [0.1, 0.15) is 19.3 Å². The third-order valence-electron chi connectivity index (χ3n) is 6.52. The third kappa shape index (κ3) is 30.2. The molecule has 41 heavy (non-hydrogen) atoms. The molecular weight excluding hydrogens is 541 g/mol. The maximum absolute atomic E-state index is 12.2. The summed E-state index contributed by atoms with van der Waals surface area (Å²) in [6, 6.07) is 0. The lowest BCUT2D eigenvalue weighted by Crippen LogP contribution is -2.37. The van der Waals surface area contributed by atoms with E-state index in [1.54, 1.807) is 0 Å². The Bertz CT molecular complexity index is 721. The molecule has 1 N–H and O–H groups in total. The molecule has 0 heterocycles. The van der Waals surface area contributed by atoms with Gasteiger partial charge in [0.2, 0.25) is 0 Å². The Hall–Kier alpha value is -1.02. The Kier molecular flexibility index (Phi) is 25.9. The van der Waals surface area contributed by atoms with E-state index < -0.39 is 13.9 Å². The third-order valence-corrected chi connectivity index (χ3v) is 7.50. The summed E-state index contributed by atoms with van der Waals surface area (Å²) in [5.41, 5.74) is 0. The van der Waals surface area contributed by atoms with E-state index in [4.69, 9.17) is 18.5 Å². The first-order chi connectivity index (χ1) is 19.6. The van der Waals surface area contributed by atoms with Crippen LogP contribution in [-0.2, 0) is 27.9 Å². The number of quaternary nitrogens is 1. The maximum Gasteiger partial charge on any atom is 0.472 e. The molecule has 2 unspecified atom stereocenters. The summed E-state index contributed by atoms with van der Waals surface area (Å²) in [6.45, 7) is 5.31. The van der Waals surface area contributed by atoms with Crippen molar-refractivity contribution in [2.24, 2.45) is 0 Å². The van der Waals surface area contributed by atoms with Crippen LogP contribution < -0.4 is 0 Å².